The fourth-order valence-electron chi connectivity index (χ4n) is 1.99. The van der Waals surface area contributed by atoms with Crippen LogP contribution < -0.4 is 0 Å². The second kappa shape index (κ2) is 1.98. The smallest absolute Gasteiger partial charge is 0.0813 e. The molecule has 9 heavy (non-hydrogen) atoms. The van der Waals surface area contributed by atoms with Gasteiger partial charge < -0.3 is 4.48 Å². The fourth-order valence-corrected chi connectivity index (χ4v) is 1.99. The predicted molar refractivity (Wildman–Crippen MR) is 40.2 cm³/mol. The highest BCUT2D eigenvalue weighted by Crippen LogP contribution is 2.25. The van der Waals surface area contributed by atoms with Crippen molar-refractivity contribution in [3.63, 3.8) is 0 Å². The van der Waals surface area contributed by atoms with E-state index in [2.05, 4.69) is 27.9 Å². The van der Waals surface area contributed by atoms with Gasteiger partial charge in [-0.15, -0.1) is 0 Å². The Morgan fingerprint density at radius 3 is 1.44 bits per heavy atom. The summed E-state index contributed by atoms with van der Waals surface area (Å²) in [7, 11) is 4.64. The molecule has 0 aromatic carbocycles. The quantitative estimate of drug-likeness (QED) is 0.432. The average molecular weight is 128 g/mol. The molecular weight excluding hydrogens is 110 g/mol. The van der Waals surface area contributed by atoms with Crippen molar-refractivity contribution in [2.45, 2.75) is 13.8 Å². The Balaban J connectivity index is 2.54. The molecule has 1 heterocycles. The zero-order valence-electron chi connectivity index (χ0n) is 7.02. The normalized spacial score (nSPS) is 41.3. The van der Waals surface area contributed by atoms with Crippen LogP contribution in [0.1, 0.15) is 13.8 Å². The molecule has 1 fully saturated rings. The second-order valence-electron chi connectivity index (χ2n) is 4.26. The third kappa shape index (κ3) is 1.45. The van der Waals surface area contributed by atoms with Gasteiger partial charge in [0.1, 0.15) is 0 Å². The zero-order valence-corrected chi connectivity index (χ0v) is 7.02. The first-order chi connectivity index (χ1) is 4.01. The van der Waals surface area contributed by atoms with Crippen molar-refractivity contribution in [3.8, 4) is 0 Å². The summed E-state index contributed by atoms with van der Waals surface area (Å²) in [5.41, 5.74) is 0. The lowest BCUT2D eigenvalue weighted by Gasteiger charge is -2.23. The van der Waals surface area contributed by atoms with Crippen LogP contribution in [-0.2, 0) is 0 Å². The summed E-state index contributed by atoms with van der Waals surface area (Å²) >= 11 is 0. The van der Waals surface area contributed by atoms with Crippen molar-refractivity contribution in [1.82, 2.24) is 0 Å². The van der Waals surface area contributed by atoms with Gasteiger partial charge in [0.05, 0.1) is 27.2 Å². The molecule has 0 aromatic heterocycles. The number of likely N-dealkylation sites (tertiary alicyclic amines) is 1. The summed E-state index contributed by atoms with van der Waals surface area (Å²) in [5, 5.41) is 0. The maximum atomic E-state index is 2.36. The van der Waals surface area contributed by atoms with Crippen LogP contribution in [0.25, 0.3) is 0 Å². The summed E-state index contributed by atoms with van der Waals surface area (Å²) in [6.07, 6.45) is 0. The molecule has 0 bridgehead atoms. The highest BCUT2D eigenvalue weighted by atomic mass is 15.3. The van der Waals surface area contributed by atoms with E-state index in [0.717, 1.165) is 11.8 Å². The predicted octanol–water partition coefficient (Wildman–Crippen LogP) is 1.35. The summed E-state index contributed by atoms with van der Waals surface area (Å²) < 4.78 is 1.22. The Labute approximate surface area is 58.3 Å². The van der Waals surface area contributed by atoms with Crippen LogP contribution in [0.15, 0.2) is 0 Å². The third-order valence-corrected chi connectivity index (χ3v) is 2.54. The summed E-state index contributed by atoms with van der Waals surface area (Å²) in [5.74, 6) is 1.86. The summed E-state index contributed by atoms with van der Waals surface area (Å²) in [6.45, 7) is 7.44. The molecule has 0 aliphatic carbocycles. The van der Waals surface area contributed by atoms with Crippen molar-refractivity contribution in [3.05, 3.63) is 0 Å². The van der Waals surface area contributed by atoms with E-state index in [4.69, 9.17) is 0 Å². The minimum absolute atomic E-state index is 0.931. The van der Waals surface area contributed by atoms with Crippen molar-refractivity contribution < 1.29 is 4.48 Å². The Kier molecular flexibility index (Phi) is 1.55. The Hall–Kier alpha value is -0.0400. The molecule has 0 saturated carbocycles. The Morgan fingerprint density at radius 2 is 1.33 bits per heavy atom. The van der Waals surface area contributed by atoms with Crippen LogP contribution in [0.4, 0.5) is 0 Å². The number of nitrogens with zero attached hydrogens (tertiary/aromatic N) is 1. The minimum Gasteiger partial charge on any atom is -0.328 e. The number of hydrogen-bond acceptors (Lipinski definition) is 0. The van der Waals surface area contributed by atoms with Crippen LogP contribution in [0.3, 0.4) is 0 Å². The molecule has 1 nitrogen and oxygen atoms in total. The van der Waals surface area contributed by atoms with Crippen molar-refractivity contribution >= 4 is 0 Å². The van der Waals surface area contributed by atoms with Crippen LogP contribution >= 0.6 is 0 Å². The van der Waals surface area contributed by atoms with E-state index in [9.17, 15) is 0 Å². The van der Waals surface area contributed by atoms with Crippen LogP contribution in [0, 0.1) is 11.8 Å². The van der Waals surface area contributed by atoms with E-state index in [1.165, 1.54) is 17.6 Å². The minimum atomic E-state index is 0.931. The summed E-state index contributed by atoms with van der Waals surface area (Å²) in [4.78, 5) is 0. The SMILES string of the molecule is C[C@H]1C[N+](C)(C)C[C@@H]1C. The highest BCUT2D eigenvalue weighted by Gasteiger charge is 2.33. The van der Waals surface area contributed by atoms with E-state index < -0.39 is 0 Å². The van der Waals surface area contributed by atoms with Gasteiger partial charge in [-0.3, -0.25) is 0 Å². The van der Waals surface area contributed by atoms with Crippen LogP contribution in [0.5, 0.6) is 0 Å². The van der Waals surface area contributed by atoms with Gasteiger partial charge in [-0.1, -0.05) is 13.8 Å². The molecule has 0 aromatic rings. The number of hydrogen-bond donors (Lipinski definition) is 0. The molecule has 0 N–H and O–H groups in total. The number of quaternary nitrogens is 1. The molecule has 1 aliphatic heterocycles. The lowest BCUT2D eigenvalue weighted by Crippen LogP contribution is -2.36. The first-order valence-electron chi connectivity index (χ1n) is 3.83. The topological polar surface area (TPSA) is 0 Å². The second-order valence-corrected chi connectivity index (χ2v) is 4.26. The fraction of sp³-hybridized carbons (Fsp3) is 1.00. The van der Waals surface area contributed by atoms with E-state index in [1.807, 2.05) is 0 Å². The van der Waals surface area contributed by atoms with Crippen molar-refractivity contribution in [2.75, 3.05) is 27.2 Å². The average Bonchev–Trinajstić information content (AvgIpc) is 1.79. The Bertz CT molecular complexity index is 95.1. The monoisotopic (exact) mass is 128 g/mol. The first kappa shape index (κ1) is 7.07. The molecule has 1 rings (SSSR count). The molecule has 2 atom stereocenters. The van der Waals surface area contributed by atoms with Gasteiger partial charge >= 0.3 is 0 Å². The maximum absolute atomic E-state index is 2.36. The van der Waals surface area contributed by atoms with Gasteiger partial charge in [-0.2, -0.15) is 0 Å². The number of rotatable bonds is 0. The maximum Gasteiger partial charge on any atom is 0.0813 e. The molecule has 0 unspecified atom stereocenters. The highest BCUT2D eigenvalue weighted by molar-refractivity contribution is 4.66. The van der Waals surface area contributed by atoms with Gasteiger partial charge in [0.15, 0.2) is 0 Å². The van der Waals surface area contributed by atoms with Crippen molar-refractivity contribution in [2.24, 2.45) is 11.8 Å². The molecule has 1 heteroatoms. The summed E-state index contributed by atoms with van der Waals surface area (Å²) in [6, 6.07) is 0. The van der Waals surface area contributed by atoms with E-state index in [-0.39, 0.29) is 0 Å². The van der Waals surface area contributed by atoms with E-state index in [1.54, 1.807) is 0 Å². The lowest BCUT2D eigenvalue weighted by atomic mass is 10.0. The first-order valence-corrected chi connectivity index (χ1v) is 3.83. The van der Waals surface area contributed by atoms with E-state index >= 15 is 0 Å². The van der Waals surface area contributed by atoms with Gasteiger partial charge in [0.25, 0.3) is 0 Å². The third-order valence-electron chi connectivity index (χ3n) is 2.54. The molecule has 1 saturated heterocycles. The molecule has 1 aliphatic rings. The molecule has 0 spiro atoms. The van der Waals surface area contributed by atoms with Gasteiger partial charge in [-0.05, 0) is 0 Å². The van der Waals surface area contributed by atoms with Crippen molar-refractivity contribution in [1.29, 1.82) is 0 Å². The largest absolute Gasteiger partial charge is 0.328 e. The molecular formula is C8H18N+. The lowest BCUT2D eigenvalue weighted by molar-refractivity contribution is -0.880. The van der Waals surface area contributed by atoms with E-state index in [0.29, 0.717) is 0 Å². The van der Waals surface area contributed by atoms with Crippen LogP contribution in [-0.4, -0.2) is 31.7 Å². The van der Waals surface area contributed by atoms with Gasteiger partial charge in [0, 0.05) is 11.8 Å². The molecule has 54 valence electrons. The molecule has 0 radical (unpaired) electrons. The van der Waals surface area contributed by atoms with Gasteiger partial charge in [0.2, 0.25) is 0 Å². The van der Waals surface area contributed by atoms with Gasteiger partial charge in [-0.25, -0.2) is 0 Å². The molecule has 0 amide bonds. The van der Waals surface area contributed by atoms with Crippen LogP contribution in [0.2, 0.25) is 0 Å². The zero-order chi connectivity index (χ0) is 7.07. The Morgan fingerprint density at radius 1 is 1.00 bits per heavy atom. The standard InChI is InChI=1S/C8H18N/c1-7-5-9(3,4)6-8(7)2/h7-8H,5-6H2,1-4H3/q+1/t7-,8-/m0/s1.